The molecule has 1 unspecified atom stereocenters. The molecule has 0 saturated carbocycles. The molecule has 0 fully saturated rings. The first-order chi connectivity index (χ1) is 15.2. The lowest BCUT2D eigenvalue weighted by Gasteiger charge is -2.17. The summed E-state index contributed by atoms with van der Waals surface area (Å²) in [6.07, 6.45) is 5.97. The topological polar surface area (TPSA) is 96.7 Å². The maximum absolute atomic E-state index is 12.7. The van der Waals surface area contributed by atoms with Gasteiger partial charge in [-0.25, -0.2) is 9.97 Å². The summed E-state index contributed by atoms with van der Waals surface area (Å²) in [5.74, 6) is 0.0208. The molecule has 158 valence electrons. The molecule has 0 aliphatic rings. The van der Waals surface area contributed by atoms with Crippen molar-refractivity contribution in [2.75, 3.05) is 5.73 Å². The van der Waals surface area contributed by atoms with Crippen LogP contribution in [0.25, 0.3) is 0 Å². The lowest BCUT2D eigenvalue weighted by atomic mass is 10.0. The second-order valence-corrected chi connectivity index (χ2v) is 8.41. The van der Waals surface area contributed by atoms with Gasteiger partial charge in [-0.1, -0.05) is 42.5 Å². The van der Waals surface area contributed by atoms with Gasteiger partial charge in [-0.05, 0) is 36.1 Å². The number of nitrogens with two attached hydrogens (primary N) is 1. The molecule has 1 atom stereocenters. The summed E-state index contributed by atoms with van der Waals surface area (Å²) in [6.45, 7) is 0. The van der Waals surface area contributed by atoms with E-state index in [-0.39, 0.29) is 11.9 Å². The zero-order chi connectivity index (χ0) is 21.5. The molecule has 0 bridgehead atoms. The van der Waals surface area contributed by atoms with Crippen molar-refractivity contribution in [1.82, 2.24) is 20.3 Å². The number of hydrogen-bond acceptors (Lipinski definition) is 5. The van der Waals surface area contributed by atoms with Crippen molar-refractivity contribution in [3.05, 3.63) is 100 Å². The number of carbonyl (C=O) groups excluding carboxylic acids is 1. The zero-order valence-electron chi connectivity index (χ0n) is 17.1. The molecule has 2 aromatic carbocycles. The van der Waals surface area contributed by atoms with E-state index in [1.165, 1.54) is 0 Å². The molecule has 4 N–H and O–H groups in total. The Morgan fingerprint density at radius 2 is 1.90 bits per heavy atom. The lowest BCUT2D eigenvalue weighted by molar-refractivity contribution is -0.121. The Balaban J connectivity index is 1.46. The molecule has 6 nitrogen and oxygen atoms in total. The Morgan fingerprint density at radius 3 is 2.65 bits per heavy atom. The van der Waals surface area contributed by atoms with Gasteiger partial charge in [0.1, 0.15) is 0 Å². The van der Waals surface area contributed by atoms with Crippen LogP contribution < -0.4 is 11.1 Å². The highest BCUT2D eigenvalue weighted by atomic mass is 32.1. The van der Waals surface area contributed by atoms with Crippen molar-refractivity contribution in [3.8, 4) is 0 Å². The number of benzene rings is 2. The van der Waals surface area contributed by atoms with Gasteiger partial charge >= 0.3 is 0 Å². The SMILES string of the molecule is Nc1ccc(CC(NC(=O)CCc2ccccc2)c2csc(Cc3cnc[nH]3)n2)cc1. The van der Waals surface area contributed by atoms with Gasteiger partial charge in [0.2, 0.25) is 5.91 Å². The molecule has 0 aliphatic heterocycles. The second-order valence-electron chi connectivity index (χ2n) is 7.47. The highest BCUT2D eigenvalue weighted by Gasteiger charge is 2.19. The number of anilines is 1. The predicted octanol–water partition coefficient (Wildman–Crippen LogP) is 4.07. The third-order valence-corrected chi connectivity index (χ3v) is 5.93. The number of thiazole rings is 1. The standard InChI is InChI=1S/C24H25N5OS/c25-19-9-6-18(7-10-19)12-21(28-23(30)11-8-17-4-2-1-3-5-17)22-15-31-24(29-22)13-20-14-26-16-27-20/h1-7,9-10,14-16,21H,8,11-13,25H2,(H,26,27)(H,28,30). The van der Waals surface area contributed by atoms with E-state index in [4.69, 9.17) is 10.7 Å². The van der Waals surface area contributed by atoms with E-state index < -0.39 is 0 Å². The molecule has 0 radical (unpaired) electrons. The molecule has 1 amide bonds. The fourth-order valence-electron chi connectivity index (χ4n) is 3.40. The van der Waals surface area contributed by atoms with Crippen LogP contribution in [0.1, 0.15) is 40.0 Å². The molecule has 2 aromatic heterocycles. The smallest absolute Gasteiger partial charge is 0.220 e. The fraction of sp³-hybridized carbons (Fsp3) is 0.208. The van der Waals surface area contributed by atoms with Gasteiger partial charge in [-0.2, -0.15) is 0 Å². The Morgan fingerprint density at radius 1 is 1.10 bits per heavy atom. The van der Waals surface area contributed by atoms with Gasteiger partial charge in [0.25, 0.3) is 0 Å². The zero-order valence-corrected chi connectivity index (χ0v) is 17.9. The minimum Gasteiger partial charge on any atom is -0.399 e. The number of amides is 1. The normalized spacial score (nSPS) is 11.9. The van der Waals surface area contributed by atoms with E-state index in [1.807, 2.05) is 60.0 Å². The third-order valence-electron chi connectivity index (χ3n) is 5.06. The first-order valence-electron chi connectivity index (χ1n) is 10.2. The maximum Gasteiger partial charge on any atom is 0.220 e. The van der Waals surface area contributed by atoms with Crippen molar-refractivity contribution in [3.63, 3.8) is 0 Å². The van der Waals surface area contributed by atoms with Gasteiger partial charge < -0.3 is 16.0 Å². The van der Waals surface area contributed by atoms with Crippen molar-refractivity contribution in [1.29, 1.82) is 0 Å². The van der Waals surface area contributed by atoms with Crippen LogP contribution in [0.2, 0.25) is 0 Å². The summed E-state index contributed by atoms with van der Waals surface area (Å²) in [5.41, 5.74) is 10.7. The molecule has 7 heteroatoms. The number of aromatic nitrogens is 3. The molecule has 4 aromatic rings. The molecular formula is C24H25N5OS. The number of aryl methyl sites for hydroxylation is 1. The molecule has 2 heterocycles. The average Bonchev–Trinajstić information content (AvgIpc) is 3.47. The number of H-pyrrole nitrogens is 1. The number of nitrogens with one attached hydrogen (secondary N) is 2. The summed E-state index contributed by atoms with van der Waals surface area (Å²) < 4.78 is 0. The van der Waals surface area contributed by atoms with E-state index in [1.54, 1.807) is 23.9 Å². The lowest BCUT2D eigenvalue weighted by Crippen LogP contribution is -2.30. The molecule has 31 heavy (non-hydrogen) atoms. The second kappa shape index (κ2) is 10.0. The summed E-state index contributed by atoms with van der Waals surface area (Å²) >= 11 is 1.60. The van der Waals surface area contributed by atoms with Crippen molar-refractivity contribution in [2.24, 2.45) is 0 Å². The van der Waals surface area contributed by atoms with Gasteiger partial charge in [-0.3, -0.25) is 4.79 Å². The maximum atomic E-state index is 12.7. The summed E-state index contributed by atoms with van der Waals surface area (Å²) in [6, 6.07) is 17.6. The van der Waals surface area contributed by atoms with Crippen LogP contribution in [0.4, 0.5) is 5.69 Å². The number of hydrogen-bond donors (Lipinski definition) is 3. The average molecular weight is 432 g/mol. The number of carbonyl (C=O) groups is 1. The van der Waals surface area contributed by atoms with Gasteiger partial charge in [-0.15, -0.1) is 11.3 Å². The van der Waals surface area contributed by atoms with Crippen molar-refractivity contribution >= 4 is 22.9 Å². The van der Waals surface area contributed by atoms with Crippen molar-refractivity contribution in [2.45, 2.75) is 31.7 Å². The summed E-state index contributed by atoms with van der Waals surface area (Å²) in [5, 5.41) is 6.21. The number of imidazole rings is 1. The van der Waals surface area contributed by atoms with Crippen LogP contribution >= 0.6 is 11.3 Å². The van der Waals surface area contributed by atoms with Gasteiger partial charge in [0.05, 0.1) is 23.1 Å². The Hall–Kier alpha value is -3.45. The number of rotatable bonds is 9. The molecule has 0 aliphatic carbocycles. The quantitative estimate of drug-likeness (QED) is 0.348. The van der Waals surface area contributed by atoms with Crippen LogP contribution in [-0.2, 0) is 24.1 Å². The minimum absolute atomic E-state index is 0.0208. The molecule has 4 rings (SSSR count). The number of nitrogens with zero attached hydrogens (tertiary/aromatic N) is 2. The first kappa shape index (κ1) is 20.8. The van der Waals surface area contributed by atoms with Crippen LogP contribution in [0.5, 0.6) is 0 Å². The minimum atomic E-state index is -0.196. The number of aromatic amines is 1. The highest BCUT2D eigenvalue weighted by molar-refractivity contribution is 7.09. The Kier molecular flexibility index (Phi) is 6.74. The monoisotopic (exact) mass is 431 g/mol. The largest absolute Gasteiger partial charge is 0.399 e. The molecular weight excluding hydrogens is 406 g/mol. The highest BCUT2D eigenvalue weighted by Crippen LogP contribution is 2.23. The summed E-state index contributed by atoms with van der Waals surface area (Å²) in [7, 11) is 0. The van der Waals surface area contributed by atoms with Crippen LogP contribution in [0.3, 0.4) is 0 Å². The van der Waals surface area contributed by atoms with Gasteiger partial charge in [0.15, 0.2) is 0 Å². The first-order valence-corrected chi connectivity index (χ1v) is 11.1. The Bertz CT molecular complexity index is 1090. The van der Waals surface area contributed by atoms with E-state index >= 15 is 0 Å². The molecule has 0 spiro atoms. The van der Waals surface area contributed by atoms with E-state index in [0.717, 1.165) is 33.2 Å². The van der Waals surface area contributed by atoms with E-state index in [2.05, 4.69) is 15.3 Å². The number of nitrogen functional groups attached to an aromatic ring is 1. The fourth-order valence-corrected chi connectivity index (χ4v) is 4.27. The molecule has 0 saturated heterocycles. The Labute approximate surface area is 185 Å². The van der Waals surface area contributed by atoms with Crippen LogP contribution in [-0.4, -0.2) is 20.9 Å². The van der Waals surface area contributed by atoms with E-state index in [9.17, 15) is 4.79 Å². The third kappa shape index (κ3) is 6.02. The van der Waals surface area contributed by atoms with Crippen molar-refractivity contribution < 1.29 is 4.79 Å². The van der Waals surface area contributed by atoms with Crippen LogP contribution in [0, 0.1) is 0 Å². The predicted molar refractivity (Wildman–Crippen MR) is 124 cm³/mol. The van der Waals surface area contributed by atoms with E-state index in [0.29, 0.717) is 25.7 Å². The summed E-state index contributed by atoms with van der Waals surface area (Å²) in [4.78, 5) is 24.7. The van der Waals surface area contributed by atoms with Gasteiger partial charge in [0, 0.05) is 35.8 Å². The van der Waals surface area contributed by atoms with Crippen LogP contribution in [0.15, 0.2) is 72.5 Å².